The Kier molecular flexibility index (Phi) is 44.5. The lowest BCUT2D eigenvalue weighted by Crippen LogP contribution is -2.39. The molecule has 14 nitrogen and oxygen atoms in total. The van der Waals surface area contributed by atoms with Gasteiger partial charge in [0.05, 0.1) is 58.1 Å². The van der Waals surface area contributed by atoms with E-state index in [0.29, 0.717) is 68.9 Å². The second-order valence-electron chi connectivity index (χ2n) is 20.5. The van der Waals surface area contributed by atoms with E-state index in [2.05, 4.69) is 48.5 Å². The Morgan fingerprint density at radius 1 is 0.552 bits per heavy atom. The molecule has 1 saturated heterocycles. The van der Waals surface area contributed by atoms with Gasteiger partial charge in [-0.15, -0.1) is 0 Å². The van der Waals surface area contributed by atoms with Crippen LogP contribution in [0.3, 0.4) is 0 Å². The van der Waals surface area contributed by atoms with Gasteiger partial charge >= 0.3 is 29.8 Å². The average molecular weight is 965 g/mol. The van der Waals surface area contributed by atoms with Crippen molar-refractivity contribution in [1.29, 1.82) is 0 Å². The summed E-state index contributed by atoms with van der Waals surface area (Å²) in [7, 11) is 0. The van der Waals surface area contributed by atoms with Gasteiger partial charge in [-0.1, -0.05) is 117 Å². The summed E-state index contributed by atoms with van der Waals surface area (Å²) < 4.78 is 36.3. The minimum absolute atomic E-state index is 0.0277. The Bertz CT molecular complexity index is 1190. The quantitative estimate of drug-likeness (QED) is 0.0649. The molecular formula is C53H104O14. The van der Waals surface area contributed by atoms with Crippen LogP contribution in [0.5, 0.6) is 0 Å². The van der Waals surface area contributed by atoms with Gasteiger partial charge in [-0.25, -0.2) is 4.79 Å². The Hall–Kier alpha value is -2.81. The predicted molar refractivity (Wildman–Crippen MR) is 267 cm³/mol. The molecule has 1 aliphatic rings. The molecule has 0 amide bonds. The number of ether oxygens (including phenoxy) is 7. The summed E-state index contributed by atoms with van der Waals surface area (Å²) in [6.45, 7) is 43.0. The number of carbonyl (C=O) groups is 5. The number of aliphatic hydroxyl groups excluding tert-OH is 2. The standard InChI is InChI=1S/C14H26O5.C13H24O4.C10H20O2.C8H16O2.C8H18O/c1-9(2)6-12(7-18-13(16)10(3)4)8-19-14(17)11(5)15;1-5-12(14)16-8-11(7-10(3)4)9-17-13(15)6-2;1-8(2)5-9-6-11-10(3,4)12-7-9;1-5-10-8(9)7(4)6(2)3;1-4-8(6-9)5-7(2)3/h9-12,15H,6-8H2,1-5H3;10-11H,5-9H2,1-4H3;8-9H,5-7H2,1-4H3;6-7H,5H2,1-4H3;7-9H,4-6H2,1-3H3/t11-,12?;;;7-;/m1..0./s1. The monoisotopic (exact) mass is 965 g/mol. The molecule has 0 aromatic rings. The normalized spacial score (nSPS) is 15.1. The van der Waals surface area contributed by atoms with Crippen LogP contribution >= 0.6 is 0 Å². The molecule has 1 rings (SSSR count). The number of rotatable bonds is 25. The predicted octanol–water partition coefficient (Wildman–Crippen LogP) is 10.7. The lowest BCUT2D eigenvalue weighted by Gasteiger charge is -2.35. The van der Waals surface area contributed by atoms with Crippen molar-refractivity contribution in [2.75, 3.05) is 52.9 Å². The van der Waals surface area contributed by atoms with E-state index >= 15 is 0 Å². The van der Waals surface area contributed by atoms with Crippen LogP contribution in [0.2, 0.25) is 0 Å². The lowest BCUT2D eigenvalue weighted by atomic mass is 9.96. The molecule has 2 unspecified atom stereocenters. The van der Waals surface area contributed by atoms with Crippen LogP contribution in [-0.2, 0) is 57.1 Å². The first kappa shape index (κ1) is 70.7. The molecule has 400 valence electrons. The molecule has 4 atom stereocenters. The second-order valence-corrected chi connectivity index (χ2v) is 20.5. The summed E-state index contributed by atoms with van der Waals surface area (Å²) in [5.74, 6) is 2.03. The highest BCUT2D eigenvalue weighted by atomic mass is 16.7. The van der Waals surface area contributed by atoms with Crippen LogP contribution in [0.15, 0.2) is 0 Å². The van der Waals surface area contributed by atoms with Crippen molar-refractivity contribution in [3.63, 3.8) is 0 Å². The third kappa shape index (κ3) is 45.4. The highest BCUT2D eigenvalue weighted by molar-refractivity contribution is 5.74. The summed E-state index contributed by atoms with van der Waals surface area (Å²) in [6, 6.07) is 0. The van der Waals surface area contributed by atoms with E-state index < -0.39 is 12.1 Å². The summed E-state index contributed by atoms with van der Waals surface area (Å²) in [5.41, 5.74) is 0. The first-order valence-corrected chi connectivity index (χ1v) is 25.4. The fraction of sp³-hybridized carbons (Fsp3) is 0.906. The van der Waals surface area contributed by atoms with Gasteiger partial charge in [-0.05, 0) is 88.9 Å². The van der Waals surface area contributed by atoms with Crippen LogP contribution in [0.4, 0.5) is 0 Å². The van der Waals surface area contributed by atoms with Crippen molar-refractivity contribution >= 4 is 29.8 Å². The summed E-state index contributed by atoms with van der Waals surface area (Å²) >= 11 is 0. The van der Waals surface area contributed by atoms with Crippen molar-refractivity contribution in [1.82, 2.24) is 0 Å². The molecule has 0 aliphatic carbocycles. The molecule has 1 aliphatic heterocycles. The maximum Gasteiger partial charge on any atom is 0.334 e. The van der Waals surface area contributed by atoms with Crippen LogP contribution < -0.4 is 0 Å². The van der Waals surface area contributed by atoms with Gasteiger partial charge in [-0.2, -0.15) is 0 Å². The van der Waals surface area contributed by atoms with E-state index in [1.54, 1.807) is 27.7 Å². The average Bonchev–Trinajstić information content (AvgIpc) is 3.24. The van der Waals surface area contributed by atoms with Gasteiger partial charge < -0.3 is 43.4 Å². The molecule has 67 heavy (non-hydrogen) atoms. The number of esters is 5. The summed E-state index contributed by atoms with van der Waals surface area (Å²) in [4.78, 5) is 55.7. The molecule has 2 N–H and O–H groups in total. The van der Waals surface area contributed by atoms with Crippen molar-refractivity contribution in [2.45, 2.75) is 195 Å². The van der Waals surface area contributed by atoms with E-state index in [0.717, 1.165) is 50.7 Å². The zero-order valence-electron chi connectivity index (χ0n) is 46.3. The van der Waals surface area contributed by atoms with Crippen LogP contribution in [-0.4, -0.2) is 105 Å². The van der Waals surface area contributed by atoms with Gasteiger partial charge in [0.15, 0.2) is 5.79 Å². The highest BCUT2D eigenvalue weighted by Gasteiger charge is 2.28. The van der Waals surface area contributed by atoms with Gasteiger partial charge in [0.2, 0.25) is 0 Å². The topological polar surface area (TPSA) is 190 Å². The Labute approximate surface area is 409 Å². The largest absolute Gasteiger partial charge is 0.466 e. The summed E-state index contributed by atoms with van der Waals surface area (Å²) in [5, 5.41) is 17.8. The van der Waals surface area contributed by atoms with Crippen molar-refractivity contribution in [2.24, 2.45) is 65.1 Å². The van der Waals surface area contributed by atoms with Crippen LogP contribution in [0.1, 0.15) is 183 Å². The molecule has 0 bridgehead atoms. The molecule has 0 aromatic heterocycles. The SMILES string of the molecule is CC(C)CC(COC(=O)C(C)C)COC(=O)[C@@H](C)O.CC(C)CC1COC(C)(C)OC1.CCC(=O)OCC(COC(=O)CC)CC(C)C.CCC(CO)CC(C)C.CCOC(=O)[C@@H](C)C(C)C. The molecule has 14 heteroatoms. The number of carbonyl (C=O) groups excluding carboxylic acids is 5. The number of aliphatic hydroxyl groups is 2. The van der Waals surface area contributed by atoms with E-state index in [-0.39, 0.29) is 66.5 Å². The zero-order valence-corrected chi connectivity index (χ0v) is 46.3. The fourth-order valence-corrected chi connectivity index (χ4v) is 6.13. The van der Waals surface area contributed by atoms with Gasteiger partial charge in [0.1, 0.15) is 6.10 Å². The minimum Gasteiger partial charge on any atom is -0.466 e. The summed E-state index contributed by atoms with van der Waals surface area (Å²) in [6.07, 6.45) is 4.77. The van der Waals surface area contributed by atoms with E-state index in [4.69, 9.17) is 43.4 Å². The third-order valence-electron chi connectivity index (χ3n) is 10.3. The van der Waals surface area contributed by atoms with E-state index in [9.17, 15) is 24.0 Å². The molecule has 0 spiro atoms. The second kappa shape index (κ2) is 42.1. The van der Waals surface area contributed by atoms with Crippen LogP contribution in [0.25, 0.3) is 0 Å². The zero-order chi connectivity index (χ0) is 52.9. The van der Waals surface area contributed by atoms with Gasteiger partial charge in [0, 0.05) is 37.2 Å². The lowest BCUT2D eigenvalue weighted by molar-refractivity contribution is -0.263. The fourth-order valence-electron chi connectivity index (χ4n) is 6.13. The molecular weight excluding hydrogens is 861 g/mol. The first-order chi connectivity index (χ1) is 31.0. The maximum absolute atomic E-state index is 11.4. The molecule has 1 fully saturated rings. The van der Waals surface area contributed by atoms with Crippen molar-refractivity contribution < 1.29 is 67.3 Å². The Morgan fingerprint density at radius 2 is 0.940 bits per heavy atom. The molecule has 0 saturated carbocycles. The van der Waals surface area contributed by atoms with Crippen molar-refractivity contribution in [3.05, 3.63) is 0 Å². The molecule has 0 radical (unpaired) electrons. The van der Waals surface area contributed by atoms with E-state index in [1.807, 2.05) is 55.4 Å². The maximum atomic E-state index is 11.4. The van der Waals surface area contributed by atoms with Crippen molar-refractivity contribution in [3.8, 4) is 0 Å². The third-order valence-corrected chi connectivity index (χ3v) is 10.3. The minimum atomic E-state index is -1.13. The van der Waals surface area contributed by atoms with E-state index in [1.165, 1.54) is 13.3 Å². The van der Waals surface area contributed by atoms with Gasteiger partial charge in [-0.3, -0.25) is 19.2 Å². The van der Waals surface area contributed by atoms with Gasteiger partial charge in [0.25, 0.3) is 0 Å². The smallest absolute Gasteiger partial charge is 0.334 e. The first-order valence-electron chi connectivity index (χ1n) is 25.4. The molecule has 0 aromatic carbocycles. The highest BCUT2D eigenvalue weighted by Crippen LogP contribution is 2.24. The number of hydrogen-bond acceptors (Lipinski definition) is 14. The number of hydrogen-bond donors (Lipinski definition) is 2. The molecule has 1 heterocycles. The van der Waals surface area contributed by atoms with Crippen LogP contribution in [0, 0.1) is 65.1 Å². The Balaban J connectivity index is -0.000000381. The Morgan fingerprint density at radius 3 is 1.22 bits per heavy atom.